The van der Waals surface area contributed by atoms with Gasteiger partial charge in [-0.2, -0.15) is 0 Å². The van der Waals surface area contributed by atoms with Crippen molar-refractivity contribution in [2.45, 2.75) is 33.4 Å². The molecule has 1 aliphatic rings. The molecule has 0 spiro atoms. The van der Waals surface area contributed by atoms with Gasteiger partial charge in [0.05, 0.1) is 18.3 Å². The molecule has 1 aliphatic heterocycles. The number of hydrogen-bond donors (Lipinski definition) is 2. The zero-order valence-corrected chi connectivity index (χ0v) is 17.8. The zero-order chi connectivity index (χ0) is 21.3. The van der Waals surface area contributed by atoms with Crippen molar-refractivity contribution < 1.29 is 9.32 Å². The Morgan fingerprint density at radius 1 is 1.20 bits per heavy atom. The average Bonchev–Trinajstić information content (AvgIpc) is 3.32. The van der Waals surface area contributed by atoms with Crippen LogP contribution in [0.25, 0.3) is 11.3 Å². The van der Waals surface area contributed by atoms with Crippen LogP contribution in [-0.4, -0.2) is 22.1 Å². The van der Waals surface area contributed by atoms with Crippen LogP contribution in [0.15, 0.2) is 70.5 Å². The average molecular weight is 423 g/mol. The second-order valence-electron chi connectivity index (χ2n) is 7.40. The molecule has 0 bridgehead atoms. The number of carbonyl (C=O) groups is 1. The lowest BCUT2D eigenvalue weighted by Gasteiger charge is -2.22. The highest BCUT2D eigenvalue weighted by Crippen LogP contribution is 2.24. The van der Waals surface area contributed by atoms with Gasteiger partial charge in [0, 0.05) is 22.3 Å². The van der Waals surface area contributed by atoms with E-state index >= 15 is 0 Å². The largest absolute Gasteiger partial charge is 0.355 e. The van der Waals surface area contributed by atoms with Gasteiger partial charge in [0.1, 0.15) is 0 Å². The minimum absolute atomic E-state index is 0.0272. The van der Waals surface area contributed by atoms with E-state index in [0.717, 1.165) is 17.0 Å². The molecule has 7 heteroatoms. The number of allylic oxidation sites excluding steroid dienone is 1. The predicted octanol–water partition coefficient (Wildman–Crippen LogP) is 4.67. The van der Waals surface area contributed by atoms with E-state index in [2.05, 4.69) is 40.0 Å². The first-order valence-corrected chi connectivity index (χ1v) is 10.1. The third-order valence-corrected chi connectivity index (χ3v) is 5.54. The predicted molar refractivity (Wildman–Crippen MR) is 116 cm³/mol. The number of aromatic nitrogens is 1. The summed E-state index contributed by atoms with van der Waals surface area (Å²) in [5.41, 5.74) is 8.70. The summed E-state index contributed by atoms with van der Waals surface area (Å²) in [5.74, 6) is 0.209. The third-order valence-electron chi connectivity index (χ3n) is 5.29. The highest BCUT2D eigenvalue weighted by Gasteiger charge is 2.28. The summed E-state index contributed by atoms with van der Waals surface area (Å²) in [6.07, 6.45) is 0. The fourth-order valence-electron chi connectivity index (χ4n) is 3.49. The Hall–Kier alpha value is -3.09. The molecule has 2 heterocycles. The number of aryl methyl sites for hydroxylation is 1. The SMILES string of the molecule is CC1=C(NC(=O)c2cc(-c3ccc(Cl)cc3)on2)[C@@H](C)NN1Cc1ccccc1C. The Morgan fingerprint density at radius 3 is 2.67 bits per heavy atom. The number of nitrogens with one attached hydrogen (secondary N) is 2. The first-order valence-electron chi connectivity index (χ1n) is 9.75. The van der Waals surface area contributed by atoms with Crippen molar-refractivity contribution in [3.05, 3.63) is 87.8 Å². The van der Waals surface area contributed by atoms with E-state index in [4.69, 9.17) is 16.1 Å². The Labute approximate surface area is 180 Å². The number of halogens is 1. The number of rotatable bonds is 5. The highest BCUT2D eigenvalue weighted by molar-refractivity contribution is 6.30. The second-order valence-corrected chi connectivity index (χ2v) is 7.84. The normalized spacial score (nSPS) is 16.3. The molecule has 4 rings (SSSR count). The molecule has 1 aromatic heterocycles. The molecule has 1 atom stereocenters. The number of amides is 1. The number of nitrogens with zero attached hydrogens (tertiary/aromatic N) is 2. The van der Waals surface area contributed by atoms with Crippen molar-refractivity contribution in [3.63, 3.8) is 0 Å². The fourth-order valence-corrected chi connectivity index (χ4v) is 3.62. The van der Waals surface area contributed by atoms with Crippen molar-refractivity contribution in [1.29, 1.82) is 0 Å². The molecule has 6 nitrogen and oxygen atoms in total. The van der Waals surface area contributed by atoms with E-state index < -0.39 is 0 Å². The van der Waals surface area contributed by atoms with Crippen molar-refractivity contribution >= 4 is 17.5 Å². The summed E-state index contributed by atoms with van der Waals surface area (Å²) < 4.78 is 5.35. The molecule has 0 saturated carbocycles. The van der Waals surface area contributed by atoms with Gasteiger partial charge in [-0.05, 0) is 56.2 Å². The van der Waals surface area contributed by atoms with Crippen LogP contribution < -0.4 is 10.7 Å². The maximum atomic E-state index is 12.8. The number of benzene rings is 2. The smallest absolute Gasteiger partial charge is 0.277 e. The van der Waals surface area contributed by atoms with E-state index in [1.807, 2.05) is 38.1 Å². The molecule has 0 saturated heterocycles. The molecule has 0 radical (unpaired) electrons. The minimum Gasteiger partial charge on any atom is -0.355 e. The van der Waals surface area contributed by atoms with Crippen molar-refractivity contribution in [2.75, 3.05) is 0 Å². The van der Waals surface area contributed by atoms with Crippen molar-refractivity contribution in [3.8, 4) is 11.3 Å². The first kappa shape index (κ1) is 20.2. The van der Waals surface area contributed by atoms with Gasteiger partial charge in [0.25, 0.3) is 5.91 Å². The summed E-state index contributed by atoms with van der Waals surface area (Å²) >= 11 is 5.92. The maximum absolute atomic E-state index is 12.8. The molecule has 154 valence electrons. The zero-order valence-electron chi connectivity index (χ0n) is 17.1. The van der Waals surface area contributed by atoms with Gasteiger partial charge in [-0.25, -0.2) is 5.43 Å². The molecular weight excluding hydrogens is 400 g/mol. The highest BCUT2D eigenvalue weighted by atomic mass is 35.5. The molecular formula is C23H23ClN4O2. The van der Waals surface area contributed by atoms with Gasteiger partial charge < -0.3 is 14.8 Å². The van der Waals surface area contributed by atoms with Crippen LogP contribution in [0.1, 0.15) is 35.5 Å². The van der Waals surface area contributed by atoms with E-state index in [-0.39, 0.29) is 17.6 Å². The molecule has 3 aromatic rings. The molecule has 0 fully saturated rings. The third kappa shape index (κ3) is 4.10. The lowest BCUT2D eigenvalue weighted by Crippen LogP contribution is -2.37. The summed E-state index contributed by atoms with van der Waals surface area (Å²) in [4.78, 5) is 12.8. The summed E-state index contributed by atoms with van der Waals surface area (Å²) in [6, 6.07) is 17.1. The molecule has 0 unspecified atom stereocenters. The lowest BCUT2D eigenvalue weighted by atomic mass is 10.1. The Balaban J connectivity index is 1.49. The van der Waals surface area contributed by atoms with Gasteiger partial charge in [-0.3, -0.25) is 4.79 Å². The van der Waals surface area contributed by atoms with Gasteiger partial charge in [-0.15, -0.1) is 0 Å². The first-order chi connectivity index (χ1) is 14.4. The van der Waals surface area contributed by atoms with E-state index in [1.54, 1.807) is 18.2 Å². The van der Waals surface area contributed by atoms with Crippen molar-refractivity contribution in [2.24, 2.45) is 0 Å². The Morgan fingerprint density at radius 2 is 1.93 bits per heavy atom. The summed E-state index contributed by atoms with van der Waals surface area (Å²) in [7, 11) is 0. The van der Waals surface area contributed by atoms with Crippen molar-refractivity contribution in [1.82, 2.24) is 20.9 Å². The topological polar surface area (TPSA) is 70.4 Å². The van der Waals surface area contributed by atoms with Gasteiger partial charge in [-0.1, -0.05) is 41.0 Å². The van der Waals surface area contributed by atoms with E-state index in [0.29, 0.717) is 17.3 Å². The van der Waals surface area contributed by atoms with Crippen LogP contribution in [0.2, 0.25) is 5.02 Å². The molecule has 1 amide bonds. The molecule has 30 heavy (non-hydrogen) atoms. The minimum atomic E-state index is -0.306. The molecule has 2 N–H and O–H groups in total. The molecule has 0 aliphatic carbocycles. The molecule has 2 aromatic carbocycles. The van der Waals surface area contributed by atoms with Gasteiger partial charge in [0.15, 0.2) is 11.5 Å². The van der Waals surface area contributed by atoms with E-state index in [9.17, 15) is 4.79 Å². The maximum Gasteiger partial charge on any atom is 0.277 e. The van der Waals surface area contributed by atoms with Crippen LogP contribution in [0.5, 0.6) is 0 Å². The lowest BCUT2D eigenvalue weighted by molar-refractivity contribution is 0.0954. The van der Waals surface area contributed by atoms with Crippen LogP contribution >= 0.6 is 11.6 Å². The monoisotopic (exact) mass is 422 g/mol. The summed E-state index contributed by atoms with van der Waals surface area (Å²) in [5, 5.41) is 9.62. The fraction of sp³-hybridized carbons (Fsp3) is 0.217. The van der Waals surface area contributed by atoms with Crippen LogP contribution in [0.4, 0.5) is 0 Å². The van der Waals surface area contributed by atoms with Crippen LogP contribution in [0, 0.1) is 6.92 Å². The number of carbonyl (C=O) groups excluding carboxylic acids is 1. The number of hydrazine groups is 1. The van der Waals surface area contributed by atoms with Gasteiger partial charge >= 0.3 is 0 Å². The van der Waals surface area contributed by atoms with E-state index in [1.165, 1.54) is 11.1 Å². The Kier molecular flexibility index (Phi) is 5.61. The second kappa shape index (κ2) is 8.34. The summed E-state index contributed by atoms with van der Waals surface area (Å²) in [6.45, 7) is 6.82. The number of hydrogen-bond acceptors (Lipinski definition) is 5. The quantitative estimate of drug-likeness (QED) is 0.625. The van der Waals surface area contributed by atoms with Gasteiger partial charge in [0.2, 0.25) is 0 Å². The standard InChI is InChI=1S/C23H23ClN4O2/c1-14-6-4-5-7-18(14)13-28-16(3)22(15(2)26-28)25-23(29)20-12-21(30-27-20)17-8-10-19(24)11-9-17/h4-12,15,26H,13H2,1-3H3,(H,25,29)/t15-/m1/s1. The van der Waals surface area contributed by atoms with Crippen LogP contribution in [-0.2, 0) is 6.54 Å². The Bertz CT molecular complexity index is 1100. The van der Waals surface area contributed by atoms with Crippen LogP contribution in [0.3, 0.4) is 0 Å².